The van der Waals surface area contributed by atoms with Crippen molar-refractivity contribution in [2.75, 3.05) is 13.1 Å². The van der Waals surface area contributed by atoms with Crippen LogP contribution in [-0.4, -0.2) is 29.0 Å². The number of nitrogens with one attached hydrogen (secondary N) is 3. The summed E-state index contributed by atoms with van der Waals surface area (Å²) in [5, 5.41) is 7.44. The molecule has 2 aromatic heterocycles. The van der Waals surface area contributed by atoms with Crippen LogP contribution in [0.25, 0.3) is 10.9 Å². The number of nitrogens with zero attached hydrogens (tertiary/aromatic N) is 2. The van der Waals surface area contributed by atoms with Crippen molar-refractivity contribution in [2.45, 2.75) is 46.1 Å². The second-order valence-corrected chi connectivity index (χ2v) is 7.74. The Morgan fingerprint density at radius 2 is 2.11 bits per heavy atom. The van der Waals surface area contributed by atoms with Crippen LogP contribution in [0.2, 0.25) is 0 Å². The van der Waals surface area contributed by atoms with Gasteiger partial charge in [0.2, 0.25) is 5.89 Å². The number of hydrogen-bond donors (Lipinski definition) is 3. The molecule has 0 amide bonds. The molecule has 6 nitrogen and oxygen atoms in total. The fourth-order valence-electron chi connectivity index (χ4n) is 2.89. The van der Waals surface area contributed by atoms with Gasteiger partial charge >= 0.3 is 0 Å². The SMILES string of the molecule is CCNC(=NCc1ncc(C(C)(C)C)o1)NCCc1c[nH]c2ccc(F)cc12. The van der Waals surface area contributed by atoms with Crippen molar-refractivity contribution in [1.82, 2.24) is 20.6 Å². The number of aromatic nitrogens is 2. The molecule has 28 heavy (non-hydrogen) atoms. The lowest BCUT2D eigenvalue weighted by molar-refractivity contribution is 0.383. The van der Waals surface area contributed by atoms with Crippen LogP contribution in [0.1, 0.15) is 44.9 Å². The first kappa shape index (κ1) is 19.9. The largest absolute Gasteiger partial charge is 0.443 e. The predicted octanol–water partition coefficient (Wildman–Crippen LogP) is 3.89. The van der Waals surface area contributed by atoms with Crippen molar-refractivity contribution >= 4 is 16.9 Å². The fraction of sp³-hybridized carbons (Fsp3) is 0.429. The molecule has 0 aliphatic heterocycles. The summed E-state index contributed by atoms with van der Waals surface area (Å²) in [5.41, 5.74) is 1.94. The number of aliphatic imine (C=N–C) groups is 1. The Morgan fingerprint density at radius 1 is 1.29 bits per heavy atom. The highest BCUT2D eigenvalue weighted by atomic mass is 19.1. The maximum atomic E-state index is 13.5. The number of aromatic amines is 1. The van der Waals surface area contributed by atoms with Gasteiger partial charge in [0.1, 0.15) is 18.1 Å². The van der Waals surface area contributed by atoms with Crippen LogP contribution in [0, 0.1) is 5.82 Å². The Hall–Kier alpha value is -2.83. The maximum absolute atomic E-state index is 13.5. The third-order valence-electron chi connectivity index (χ3n) is 4.43. The van der Waals surface area contributed by atoms with E-state index in [-0.39, 0.29) is 11.2 Å². The maximum Gasteiger partial charge on any atom is 0.216 e. The predicted molar refractivity (Wildman–Crippen MR) is 110 cm³/mol. The fourth-order valence-corrected chi connectivity index (χ4v) is 2.89. The molecule has 7 heteroatoms. The highest BCUT2D eigenvalue weighted by Gasteiger charge is 2.19. The average molecular weight is 385 g/mol. The van der Waals surface area contributed by atoms with Crippen molar-refractivity contribution in [3.63, 3.8) is 0 Å². The number of guanidine groups is 1. The number of H-pyrrole nitrogens is 1. The van der Waals surface area contributed by atoms with E-state index < -0.39 is 0 Å². The topological polar surface area (TPSA) is 78.2 Å². The Labute approximate surface area is 164 Å². The number of hydrogen-bond acceptors (Lipinski definition) is 3. The van der Waals surface area contributed by atoms with E-state index in [1.807, 2.05) is 13.1 Å². The van der Waals surface area contributed by atoms with E-state index in [4.69, 9.17) is 4.42 Å². The molecule has 2 heterocycles. The molecule has 0 saturated heterocycles. The van der Waals surface area contributed by atoms with Crippen LogP contribution in [0.15, 0.2) is 40.0 Å². The molecule has 150 valence electrons. The van der Waals surface area contributed by atoms with E-state index >= 15 is 0 Å². The summed E-state index contributed by atoms with van der Waals surface area (Å²) in [7, 11) is 0. The second kappa shape index (κ2) is 8.46. The van der Waals surface area contributed by atoms with E-state index in [2.05, 4.69) is 46.4 Å². The summed E-state index contributed by atoms with van der Waals surface area (Å²) in [5.74, 6) is 1.91. The molecule has 0 spiro atoms. The van der Waals surface area contributed by atoms with E-state index in [9.17, 15) is 4.39 Å². The van der Waals surface area contributed by atoms with Gasteiger partial charge in [-0.15, -0.1) is 0 Å². The summed E-state index contributed by atoms with van der Waals surface area (Å²) in [4.78, 5) is 12.0. The second-order valence-electron chi connectivity index (χ2n) is 7.74. The molecule has 0 atom stereocenters. The van der Waals surface area contributed by atoms with Crippen molar-refractivity contribution in [1.29, 1.82) is 0 Å². The highest BCUT2D eigenvalue weighted by molar-refractivity contribution is 5.83. The van der Waals surface area contributed by atoms with Crippen LogP contribution in [0.4, 0.5) is 4.39 Å². The first-order chi connectivity index (χ1) is 13.4. The minimum absolute atomic E-state index is 0.0729. The van der Waals surface area contributed by atoms with Crippen molar-refractivity contribution in [3.05, 3.63) is 53.6 Å². The molecule has 0 aliphatic rings. The Morgan fingerprint density at radius 3 is 2.82 bits per heavy atom. The number of rotatable bonds is 6. The number of fused-ring (bicyclic) bond motifs is 1. The molecule has 0 unspecified atom stereocenters. The van der Waals surface area contributed by atoms with Crippen LogP contribution in [-0.2, 0) is 18.4 Å². The van der Waals surface area contributed by atoms with Gasteiger partial charge in [-0.1, -0.05) is 20.8 Å². The third-order valence-corrected chi connectivity index (χ3v) is 4.43. The molecular formula is C21H28FN5O. The monoisotopic (exact) mass is 385 g/mol. The van der Waals surface area contributed by atoms with Gasteiger partial charge in [-0.05, 0) is 37.1 Å². The van der Waals surface area contributed by atoms with Crippen molar-refractivity contribution < 1.29 is 8.81 Å². The van der Waals surface area contributed by atoms with Crippen molar-refractivity contribution in [3.8, 4) is 0 Å². The zero-order chi connectivity index (χ0) is 20.1. The molecule has 3 aromatic rings. The molecule has 0 bridgehead atoms. The van der Waals surface area contributed by atoms with Gasteiger partial charge < -0.3 is 20.0 Å². The molecule has 0 radical (unpaired) electrons. The van der Waals surface area contributed by atoms with Gasteiger partial charge in [-0.3, -0.25) is 0 Å². The molecule has 3 N–H and O–H groups in total. The van der Waals surface area contributed by atoms with Gasteiger partial charge in [0, 0.05) is 35.6 Å². The summed E-state index contributed by atoms with van der Waals surface area (Å²) in [6, 6.07) is 4.79. The van der Waals surface area contributed by atoms with Crippen LogP contribution in [0.5, 0.6) is 0 Å². The average Bonchev–Trinajstić information content (AvgIpc) is 3.26. The first-order valence-electron chi connectivity index (χ1n) is 9.59. The van der Waals surface area contributed by atoms with E-state index in [0.717, 1.165) is 35.2 Å². The Balaban J connectivity index is 1.60. The van der Waals surface area contributed by atoms with Gasteiger partial charge in [0.25, 0.3) is 0 Å². The summed E-state index contributed by atoms with van der Waals surface area (Å²) < 4.78 is 19.3. The quantitative estimate of drug-likeness (QED) is 0.444. The molecule has 0 saturated carbocycles. The minimum Gasteiger partial charge on any atom is -0.443 e. The van der Waals surface area contributed by atoms with E-state index in [1.54, 1.807) is 18.3 Å². The van der Waals surface area contributed by atoms with Crippen molar-refractivity contribution in [2.24, 2.45) is 4.99 Å². The summed E-state index contributed by atoms with van der Waals surface area (Å²) in [6.45, 7) is 10.1. The lowest BCUT2D eigenvalue weighted by atomic mass is 9.94. The molecule has 0 aliphatic carbocycles. The highest BCUT2D eigenvalue weighted by Crippen LogP contribution is 2.23. The number of halogens is 1. The Bertz CT molecular complexity index is 951. The molecule has 0 fully saturated rings. The summed E-state index contributed by atoms with van der Waals surface area (Å²) >= 11 is 0. The van der Waals surface area contributed by atoms with Gasteiger partial charge in [-0.25, -0.2) is 14.4 Å². The van der Waals surface area contributed by atoms with E-state index in [1.165, 1.54) is 6.07 Å². The summed E-state index contributed by atoms with van der Waals surface area (Å²) in [6.07, 6.45) is 4.44. The number of oxazole rings is 1. The van der Waals surface area contributed by atoms with Crippen LogP contribution in [0.3, 0.4) is 0 Å². The standard InChI is InChI=1S/C21H28FN5O/c1-5-23-20(27-13-19-26-12-18(28-19)21(2,3)4)24-9-8-14-11-25-17-7-6-15(22)10-16(14)17/h6-7,10-12,25H,5,8-9,13H2,1-4H3,(H2,23,24,27). The zero-order valence-corrected chi connectivity index (χ0v) is 16.9. The molecule has 3 rings (SSSR count). The van der Waals surface area contributed by atoms with Crippen LogP contribution >= 0.6 is 0 Å². The third kappa shape index (κ3) is 4.91. The molecule has 1 aromatic carbocycles. The van der Waals surface area contributed by atoms with Gasteiger partial charge in [0.15, 0.2) is 5.96 Å². The van der Waals surface area contributed by atoms with Gasteiger partial charge in [0.05, 0.1) is 6.20 Å². The lowest BCUT2D eigenvalue weighted by Gasteiger charge is -2.13. The van der Waals surface area contributed by atoms with Gasteiger partial charge in [-0.2, -0.15) is 0 Å². The lowest BCUT2D eigenvalue weighted by Crippen LogP contribution is -2.38. The van der Waals surface area contributed by atoms with E-state index in [0.29, 0.717) is 24.9 Å². The van der Waals surface area contributed by atoms with Crippen LogP contribution < -0.4 is 10.6 Å². The zero-order valence-electron chi connectivity index (χ0n) is 16.9. The normalized spacial score (nSPS) is 12.5. The minimum atomic E-state index is -0.225. The first-order valence-corrected chi connectivity index (χ1v) is 9.59. The smallest absolute Gasteiger partial charge is 0.216 e. The number of benzene rings is 1. The Kier molecular flexibility index (Phi) is 6.02. The molecular weight excluding hydrogens is 357 g/mol.